The van der Waals surface area contributed by atoms with Gasteiger partial charge in [0.2, 0.25) is 0 Å². The fraction of sp³-hybridized carbons (Fsp3) is 0.364. The molecule has 64 valence electrons. The van der Waals surface area contributed by atoms with E-state index in [4.69, 9.17) is 0 Å². The molecule has 0 saturated carbocycles. The second-order valence-corrected chi connectivity index (χ2v) is 3.08. The maximum Gasteiger partial charge on any atom is 0.134 e. The smallest absolute Gasteiger partial charge is 0.134 e. The van der Waals surface area contributed by atoms with Crippen molar-refractivity contribution < 1.29 is 4.79 Å². The summed E-state index contributed by atoms with van der Waals surface area (Å²) in [6.07, 6.45) is 10.7. The van der Waals surface area contributed by atoms with Crippen molar-refractivity contribution in [2.45, 2.75) is 13.3 Å². The average molecular weight is 162 g/mol. The highest BCUT2D eigenvalue weighted by atomic mass is 16.1. The normalized spacial score (nSPS) is 28.1. The molecule has 0 bridgehead atoms. The summed E-state index contributed by atoms with van der Waals surface area (Å²) in [4.78, 5) is 11.1. The van der Waals surface area contributed by atoms with Gasteiger partial charge in [0.25, 0.3) is 0 Å². The first-order valence-electron chi connectivity index (χ1n) is 4.22. The molecule has 1 heteroatoms. The number of carbonyl (C=O) groups excluding carboxylic acids is 1. The van der Waals surface area contributed by atoms with Gasteiger partial charge in [-0.1, -0.05) is 37.0 Å². The van der Waals surface area contributed by atoms with Crippen LogP contribution < -0.4 is 0 Å². The van der Waals surface area contributed by atoms with Crippen LogP contribution in [0.3, 0.4) is 0 Å². The molecule has 0 spiro atoms. The van der Waals surface area contributed by atoms with E-state index in [-0.39, 0.29) is 11.7 Å². The predicted molar refractivity (Wildman–Crippen MR) is 50.8 cm³/mol. The summed E-state index contributed by atoms with van der Waals surface area (Å²) >= 11 is 0. The van der Waals surface area contributed by atoms with Gasteiger partial charge in [0.05, 0.1) is 0 Å². The third-order valence-electron chi connectivity index (χ3n) is 2.20. The molecule has 0 N–H and O–H groups in total. The summed E-state index contributed by atoms with van der Waals surface area (Å²) in [6.45, 7) is 5.25. The van der Waals surface area contributed by atoms with Gasteiger partial charge in [-0.3, -0.25) is 4.79 Å². The molecule has 2 unspecified atom stereocenters. The van der Waals surface area contributed by atoms with Gasteiger partial charge in [0, 0.05) is 11.8 Å². The van der Waals surface area contributed by atoms with E-state index in [1.165, 1.54) is 0 Å². The maximum atomic E-state index is 11.1. The first kappa shape index (κ1) is 8.98. The molecule has 0 saturated heterocycles. The number of ketones is 1. The van der Waals surface area contributed by atoms with Crippen molar-refractivity contribution >= 4 is 5.78 Å². The molecule has 1 nitrogen and oxygen atoms in total. The minimum Gasteiger partial charge on any atom is -0.300 e. The van der Waals surface area contributed by atoms with Crippen LogP contribution in [0.4, 0.5) is 0 Å². The van der Waals surface area contributed by atoms with Crippen molar-refractivity contribution in [1.82, 2.24) is 0 Å². The molecule has 1 aliphatic rings. The third-order valence-corrected chi connectivity index (χ3v) is 2.20. The average Bonchev–Trinajstić information content (AvgIpc) is 2.48. The highest BCUT2D eigenvalue weighted by molar-refractivity contribution is 5.79. The lowest BCUT2D eigenvalue weighted by molar-refractivity contribution is -0.121. The zero-order valence-corrected chi connectivity index (χ0v) is 7.36. The van der Waals surface area contributed by atoms with E-state index in [0.29, 0.717) is 5.92 Å². The van der Waals surface area contributed by atoms with Gasteiger partial charge in [-0.05, 0) is 13.3 Å². The van der Waals surface area contributed by atoms with Crippen molar-refractivity contribution in [1.29, 1.82) is 0 Å². The van der Waals surface area contributed by atoms with Crippen LogP contribution in [-0.2, 0) is 4.79 Å². The third kappa shape index (κ3) is 1.94. The van der Waals surface area contributed by atoms with Gasteiger partial charge in [-0.15, -0.1) is 0 Å². The molecule has 0 aromatic carbocycles. The molecule has 0 aromatic rings. The van der Waals surface area contributed by atoms with Crippen LogP contribution in [0, 0.1) is 11.8 Å². The van der Waals surface area contributed by atoms with Crippen LogP contribution in [0.25, 0.3) is 0 Å². The predicted octanol–water partition coefficient (Wildman–Crippen LogP) is 2.51. The Bertz CT molecular complexity index is 235. The summed E-state index contributed by atoms with van der Waals surface area (Å²) in [6, 6.07) is 0. The molecule has 0 amide bonds. The van der Waals surface area contributed by atoms with Crippen LogP contribution >= 0.6 is 0 Å². The number of hydrogen-bond acceptors (Lipinski definition) is 1. The van der Waals surface area contributed by atoms with Crippen molar-refractivity contribution in [2.75, 3.05) is 0 Å². The Morgan fingerprint density at radius 1 is 1.67 bits per heavy atom. The Morgan fingerprint density at radius 2 is 2.42 bits per heavy atom. The number of carbonyl (C=O) groups is 1. The Balaban J connectivity index is 2.62. The van der Waals surface area contributed by atoms with E-state index in [0.717, 1.165) is 6.42 Å². The Kier molecular flexibility index (Phi) is 3.03. The Morgan fingerprint density at radius 3 is 3.00 bits per heavy atom. The lowest BCUT2D eigenvalue weighted by atomic mass is 9.92. The van der Waals surface area contributed by atoms with Gasteiger partial charge in [0.1, 0.15) is 5.78 Å². The van der Waals surface area contributed by atoms with E-state index in [2.05, 4.69) is 18.7 Å². The van der Waals surface area contributed by atoms with E-state index >= 15 is 0 Å². The van der Waals surface area contributed by atoms with Gasteiger partial charge in [-0.2, -0.15) is 0 Å². The molecule has 2 atom stereocenters. The standard InChI is InChI=1S/C11H14O/c1-3-4-6-10-7-5-8-11(10)9(2)12/h3-7,10-11H,1,8H2,2H3/b6-4+. The number of rotatable bonds is 3. The van der Waals surface area contributed by atoms with E-state index in [9.17, 15) is 4.79 Å². The zero-order valence-electron chi connectivity index (χ0n) is 7.36. The van der Waals surface area contributed by atoms with Crippen LogP contribution in [0.2, 0.25) is 0 Å². The number of Topliss-reactive ketones (excluding diaryl/α,β-unsaturated/α-hetero) is 1. The molecule has 0 aromatic heterocycles. The van der Waals surface area contributed by atoms with Crippen LogP contribution in [0.15, 0.2) is 37.0 Å². The zero-order chi connectivity index (χ0) is 8.97. The second-order valence-electron chi connectivity index (χ2n) is 3.08. The topological polar surface area (TPSA) is 17.1 Å². The van der Waals surface area contributed by atoms with Crippen molar-refractivity contribution in [2.24, 2.45) is 11.8 Å². The molecular weight excluding hydrogens is 148 g/mol. The Labute approximate surface area is 73.5 Å². The summed E-state index contributed by atoms with van der Waals surface area (Å²) in [5.41, 5.74) is 0. The monoisotopic (exact) mass is 162 g/mol. The molecule has 1 rings (SSSR count). The van der Waals surface area contributed by atoms with Crippen molar-refractivity contribution in [3.05, 3.63) is 37.0 Å². The Hall–Kier alpha value is -1.11. The lowest BCUT2D eigenvalue weighted by Crippen LogP contribution is -2.14. The molecule has 1 aliphatic carbocycles. The summed E-state index contributed by atoms with van der Waals surface area (Å²) in [7, 11) is 0. The van der Waals surface area contributed by atoms with E-state index in [1.807, 2.05) is 12.2 Å². The summed E-state index contributed by atoms with van der Waals surface area (Å²) in [5, 5.41) is 0. The quantitative estimate of drug-likeness (QED) is 0.460. The fourth-order valence-electron chi connectivity index (χ4n) is 1.52. The first-order valence-corrected chi connectivity index (χ1v) is 4.22. The van der Waals surface area contributed by atoms with Gasteiger partial charge in [0.15, 0.2) is 0 Å². The second kappa shape index (κ2) is 4.05. The van der Waals surface area contributed by atoms with Crippen LogP contribution in [0.1, 0.15) is 13.3 Å². The number of allylic oxidation sites excluding steroid dienone is 5. The summed E-state index contributed by atoms with van der Waals surface area (Å²) in [5.74, 6) is 0.736. The minimum atomic E-state index is 0.168. The molecule has 0 heterocycles. The number of hydrogen-bond donors (Lipinski definition) is 0. The first-order chi connectivity index (χ1) is 5.75. The van der Waals surface area contributed by atoms with Crippen LogP contribution in [0.5, 0.6) is 0 Å². The van der Waals surface area contributed by atoms with Gasteiger partial charge >= 0.3 is 0 Å². The highest BCUT2D eigenvalue weighted by Gasteiger charge is 2.23. The van der Waals surface area contributed by atoms with Gasteiger partial charge in [-0.25, -0.2) is 0 Å². The fourth-order valence-corrected chi connectivity index (χ4v) is 1.52. The molecule has 12 heavy (non-hydrogen) atoms. The maximum absolute atomic E-state index is 11.1. The van der Waals surface area contributed by atoms with Crippen molar-refractivity contribution in [3.63, 3.8) is 0 Å². The highest BCUT2D eigenvalue weighted by Crippen LogP contribution is 2.26. The van der Waals surface area contributed by atoms with Crippen LogP contribution in [-0.4, -0.2) is 5.78 Å². The van der Waals surface area contributed by atoms with Gasteiger partial charge < -0.3 is 0 Å². The molecule has 0 radical (unpaired) electrons. The van der Waals surface area contributed by atoms with Crippen molar-refractivity contribution in [3.8, 4) is 0 Å². The molecular formula is C11H14O. The lowest BCUT2D eigenvalue weighted by Gasteiger charge is -2.11. The van der Waals surface area contributed by atoms with E-state index < -0.39 is 0 Å². The SMILES string of the molecule is C=C/C=C/C1C=CCC1C(C)=O. The minimum absolute atomic E-state index is 0.168. The summed E-state index contributed by atoms with van der Waals surface area (Å²) < 4.78 is 0. The largest absolute Gasteiger partial charge is 0.300 e. The molecule has 0 fully saturated rings. The molecule has 0 aliphatic heterocycles. The van der Waals surface area contributed by atoms with E-state index in [1.54, 1.807) is 13.0 Å².